The van der Waals surface area contributed by atoms with Gasteiger partial charge in [-0.25, -0.2) is 9.97 Å². The van der Waals surface area contributed by atoms with Crippen molar-refractivity contribution in [3.05, 3.63) is 23.2 Å². The molecule has 2 heterocycles. The zero-order chi connectivity index (χ0) is 11.7. The Labute approximate surface area is 95.1 Å². The van der Waals surface area contributed by atoms with Crippen LogP contribution in [0.15, 0.2) is 12.5 Å². The first-order valence-corrected chi connectivity index (χ1v) is 4.76. The third-order valence-corrected chi connectivity index (χ3v) is 2.48. The van der Waals surface area contributed by atoms with Crippen molar-refractivity contribution in [2.45, 2.75) is 12.2 Å². The molecule has 0 radical (unpaired) electrons. The topological polar surface area (TPSA) is 106 Å². The fourth-order valence-electron chi connectivity index (χ4n) is 1.40. The normalized spacial score (nSPS) is 14.6. The highest BCUT2D eigenvalue weighted by atomic mass is 35.5. The molecule has 0 aliphatic rings. The molecule has 0 spiro atoms. The lowest BCUT2D eigenvalue weighted by atomic mass is 10.1. The Balaban J connectivity index is 2.55. The number of halogens is 1. The SMILES string of the molecule is N#CC(O)C(O)c1c[nH]c2c(Cl)ncnc12. The van der Waals surface area contributed by atoms with Crippen LogP contribution in [0.5, 0.6) is 0 Å². The summed E-state index contributed by atoms with van der Waals surface area (Å²) < 4.78 is 0. The standard InChI is InChI=1S/C9H7ClN4O2/c10-9-7-6(13-3-14-9)4(2-12-7)8(16)5(15)1-11/h2-3,5,8,12,15-16H. The van der Waals surface area contributed by atoms with Crippen LogP contribution in [0.1, 0.15) is 11.7 Å². The summed E-state index contributed by atoms with van der Waals surface area (Å²) in [6, 6.07) is 1.55. The lowest BCUT2D eigenvalue weighted by Gasteiger charge is -2.09. The van der Waals surface area contributed by atoms with Crippen LogP contribution in [0.4, 0.5) is 0 Å². The molecule has 0 bridgehead atoms. The van der Waals surface area contributed by atoms with Gasteiger partial charge in [-0.1, -0.05) is 11.6 Å². The molecule has 0 fully saturated rings. The molecule has 2 unspecified atom stereocenters. The van der Waals surface area contributed by atoms with Crippen LogP contribution in [-0.2, 0) is 0 Å². The number of nitriles is 1. The fourth-order valence-corrected chi connectivity index (χ4v) is 1.58. The van der Waals surface area contributed by atoms with Crippen molar-refractivity contribution in [3.63, 3.8) is 0 Å². The van der Waals surface area contributed by atoms with Crippen molar-refractivity contribution < 1.29 is 10.2 Å². The van der Waals surface area contributed by atoms with E-state index >= 15 is 0 Å². The summed E-state index contributed by atoms with van der Waals surface area (Å²) in [5, 5.41) is 27.6. The summed E-state index contributed by atoms with van der Waals surface area (Å²) in [6.07, 6.45) is -0.151. The van der Waals surface area contributed by atoms with E-state index in [1.807, 2.05) is 0 Å². The lowest BCUT2D eigenvalue weighted by Crippen LogP contribution is -2.15. The number of H-pyrrole nitrogens is 1. The molecule has 6 nitrogen and oxygen atoms in total. The van der Waals surface area contributed by atoms with E-state index in [1.54, 1.807) is 6.07 Å². The maximum absolute atomic E-state index is 9.67. The number of fused-ring (bicyclic) bond motifs is 1. The third-order valence-electron chi connectivity index (χ3n) is 2.20. The van der Waals surface area contributed by atoms with Gasteiger partial charge in [-0.05, 0) is 0 Å². The van der Waals surface area contributed by atoms with Gasteiger partial charge in [-0.3, -0.25) is 0 Å². The van der Waals surface area contributed by atoms with E-state index < -0.39 is 12.2 Å². The minimum atomic E-state index is -1.51. The smallest absolute Gasteiger partial charge is 0.170 e. The van der Waals surface area contributed by atoms with Gasteiger partial charge in [0.15, 0.2) is 11.3 Å². The Kier molecular flexibility index (Phi) is 2.75. The molecule has 0 aromatic carbocycles. The molecule has 2 aromatic heterocycles. The zero-order valence-electron chi connectivity index (χ0n) is 7.92. The van der Waals surface area contributed by atoms with Crippen LogP contribution in [0, 0.1) is 11.3 Å². The first kappa shape index (κ1) is 10.8. The number of aliphatic hydroxyl groups excluding tert-OH is 2. The first-order valence-electron chi connectivity index (χ1n) is 4.38. The van der Waals surface area contributed by atoms with E-state index in [9.17, 15) is 10.2 Å². The van der Waals surface area contributed by atoms with Crippen molar-refractivity contribution in [2.75, 3.05) is 0 Å². The van der Waals surface area contributed by atoms with Crippen LogP contribution < -0.4 is 0 Å². The molecule has 0 saturated heterocycles. The number of aromatic amines is 1. The highest BCUT2D eigenvalue weighted by molar-refractivity contribution is 6.33. The Hall–Kier alpha value is -1.68. The van der Waals surface area contributed by atoms with Gasteiger partial charge in [-0.2, -0.15) is 5.26 Å². The fraction of sp³-hybridized carbons (Fsp3) is 0.222. The Morgan fingerprint density at radius 3 is 2.88 bits per heavy atom. The molecule has 16 heavy (non-hydrogen) atoms. The predicted molar refractivity (Wildman–Crippen MR) is 55.5 cm³/mol. The number of rotatable bonds is 2. The van der Waals surface area contributed by atoms with Gasteiger partial charge < -0.3 is 15.2 Å². The number of aliphatic hydroxyl groups is 2. The van der Waals surface area contributed by atoms with Gasteiger partial charge >= 0.3 is 0 Å². The maximum Gasteiger partial charge on any atom is 0.170 e. The van der Waals surface area contributed by atoms with Gasteiger partial charge in [0.1, 0.15) is 17.9 Å². The van der Waals surface area contributed by atoms with Crippen molar-refractivity contribution in [3.8, 4) is 6.07 Å². The van der Waals surface area contributed by atoms with Gasteiger partial charge in [0.05, 0.1) is 11.6 Å². The molecule has 2 rings (SSSR count). The van der Waals surface area contributed by atoms with Crippen LogP contribution >= 0.6 is 11.6 Å². The van der Waals surface area contributed by atoms with Crippen molar-refractivity contribution >= 4 is 22.6 Å². The van der Waals surface area contributed by atoms with Crippen LogP contribution in [0.2, 0.25) is 5.15 Å². The van der Waals surface area contributed by atoms with Crippen LogP contribution in [-0.4, -0.2) is 31.3 Å². The zero-order valence-corrected chi connectivity index (χ0v) is 8.68. The van der Waals surface area contributed by atoms with Crippen LogP contribution in [0.3, 0.4) is 0 Å². The van der Waals surface area contributed by atoms with Gasteiger partial charge in [0.2, 0.25) is 0 Å². The summed E-state index contributed by atoms with van der Waals surface area (Å²) in [4.78, 5) is 10.5. The molecule has 2 aromatic rings. The quantitative estimate of drug-likeness (QED) is 0.523. The third kappa shape index (κ3) is 1.61. The molecule has 0 aliphatic heterocycles. The van der Waals surface area contributed by atoms with Crippen molar-refractivity contribution in [1.82, 2.24) is 15.0 Å². The van der Waals surface area contributed by atoms with Crippen molar-refractivity contribution in [1.29, 1.82) is 5.26 Å². The number of aromatic nitrogens is 3. The van der Waals surface area contributed by atoms with Crippen LogP contribution in [0.25, 0.3) is 11.0 Å². The Morgan fingerprint density at radius 1 is 1.44 bits per heavy atom. The molecule has 7 heteroatoms. The van der Waals surface area contributed by atoms with E-state index in [1.165, 1.54) is 12.5 Å². The van der Waals surface area contributed by atoms with E-state index in [-0.39, 0.29) is 5.15 Å². The number of hydrogen-bond acceptors (Lipinski definition) is 5. The summed E-state index contributed by atoms with van der Waals surface area (Å²) >= 11 is 5.80. The first-order chi connectivity index (χ1) is 7.65. The lowest BCUT2D eigenvalue weighted by molar-refractivity contribution is 0.0536. The van der Waals surface area contributed by atoms with E-state index in [2.05, 4.69) is 15.0 Å². The number of nitrogens with zero attached hydrogens (tertiary/aromatic N) is 3. The maximum atomic E-state index is 9.67. The summed E-state index contributed by atoms with van der Waals surface area (Å²) in [7, 11) is 0. The summed E-state index contributed by atoms with van der Waals surface area (Å²) in [5.41, 5.74) is 1.17. The molecule has 0 saturated carbocycles. The summed E-state index contributed by atoms with van der Waals surface area (Å²) in [5.74, 6) is 0. The second kappa shape index (κ2) is 4.06. The van der Waals surface area contributed by atoms with E-state index in [4.69, 9.17) is 16.9 Å². The highest BCUT2D eigenvalue weighted by Crippen LogP contribution is 2.27. The molecule has 0 amide bonds. The molecular formula is C9H7ClN4O2. The Morgan fingerprint density at radius 2 is 2.19 bits per heavy atom. The molecule has 3 N–H and O–H groups in total. The minimum absolute atomic E-state index is 0.217. The number of nitrogens with one attached hydrogen (secondary N) is 1. The minimum Gasteiger partial charge on any atom is -0.384 e. The monoisotopic (exact) mass is 238 g/mol. The van der Waals surface area contributed by atoms with Gasteiger partial charge in [0, 0.05) is 11.8 Å². The van der Waals surface area contributed by atoms with Gasteiger partial charge in [-0.15, -0.1) is 0 Å². The van der Waals surface area contributed by atoms with E-state index in [0.717, 1.165) is 0 Å². The highest BCUT2D eigenvalue weighted by Gasteiger charge is 2.22. The predicted octanol–water partition coefficient (Wildman–Crippen LogP) is 0.529. The average molecular weight is 239 g/mol. The molecule has 2 atom stereocenters. The van der Waals surface area contributed by atoms with Gasteiger partial charge in [0.25, 0.3) is 0 Å². The molecule has 82 valence electrons. The summed E-state index contributed by atoms with van der Waals surface area (Å²) in [6.45, 7) is 0. The second-order valence-electron chi connectivity index (χ2n) is 3.15. The largest absolute Gasteiger partial charge is 0.384 e. The molecular weight excluding hydrogens is 232 g/mol. The molecule has 0 aliphatic carbocycles. The average Bonchev–Trinajstić information content (AvgIpc) is 2.72. The second-order valence-corrected chi connectivity index (χ2v) is 3.51. The number of hydrogen-bond donors (Lipinski definition) is 3. The van der Waals surface area contributed by atoms with E-state index in [0.29, 0.717) is 16.6 Å². The van der Waals surface area contributed by atoms with Crippen molar-refractivity contribution in [2.24, 2.45) is 0 Å². The Bertz CT molecular complexity index is 562.